The zero-order chi connectivity index (χ0) is 13.8. The molecule has 1 aromatic heterocycles. The van der Waals surface area contributed by atoms with E-state index in [-0.39, 0.29) is 0 Å². The van der Waals surface area contributed by atoms with Crippen LogP contribution in [0.5, 0.6) is 0 Å². The Morgan fingerprint density at radius 3 is 2.80 bits per heavy atom. The van der Waals surface area contributed by atoms with Crippen LogP contribution >= 0.6 is 0 Å². The third-order valence-corrected chi connectivity index (χ3v) is 3.00. The van der Waals surface area contributed by atoms with Crippen LogP contribution in [0, 0.1) is 5.41 Å². The quantitative estimate of drug-likeness (QED) is 0.710. The fourth-order valence-corrected chi connectivity index (χ4v) is 2.02. The summed E-state index contributed by atoms with van der Waals surface area (Å²) >= 11 is 0. The molecule has 2 aromatic carbocycles. The molecule has 0 aliphatic heterocycles. The molecule has 96 valence electrons. The second-order valence-electron chi connectivity index (χ2n) is 4.34. The molecular weight excluding hydrogens is 248 g/mol. The minimum atomic E-state index is 0.745. The highest BCUT2D eigenvalue weighted by molar-refractivity contribution is 5.87. The van der Waals surface area contributed by atoms with Gasteiger partial charge in [0, 0.05) is 18.6 Å². The van der Waals surface area contributed by atoms with Gasteiger partial charge in [-0.05, 0) is 40.6 Å². The summed E-state index contributed by atoms with van der Waals surface area (Å²) in [6.45, 7) is 0. The van der Waals surface area contributed by atoms with Crippen LogP contribution in [-0.4, -0.2) is 15.6 Å². The smallest absolute Gasteiger partial charge is 0.0986 e. The van der Waals surface area contributed by atoms with E-state index < -0.39 is 0 Å². The van der Waals surface area contributed by atoms with Crippen LogP contribution in [0.2, 0.25) is 0 Å². The van der Waals surface area contributed by atoms with Gasteiger partial charge in [0.15, 0.2) is 0 Å². The van der Waals surface area contributed by atoms with E-state index in [0.29, 0.717) is 0 Å². The molecule has 3 aromatic rings. The summed E-state index contributed by atoms with van der Waals surface area (Å²) in [6, 6.07) is 14.1. The van der Waals surface area contributed by atoms with E-state index in [0.717, 1.165) is 22.0 Å². The monoisotopic (exact) mass is 260 g/mol. The number of hydrogen-bond acceptors (Lipinski definition) is 3. The Balaban J connectivity index is 1.95. The number of benzene rings is 2. The van der Waals surface area contributed by atoms with Gasteiger partial charge in [0.25, 0.3) is 0 Å². The van der Waals surface area contributed by atoms with E-state index in [1.165, 1.54) is 0 Å². The average Bonchev–Trinajstić information content (AvgIpc) is 2.99. The van der Waals surface area contributed by atoms with Crippen molar-refractivity contribution >= 4 is 34.7 Å². The molecule has 0 spiro atoms. The van der Waals surface area contributed by atoms with Gasteiger partial charge in [-0.3, -0.25) is 0 Å². The molecule has 0 amide bonds. The van der Waals surface area contributed by atoms with Gasteiger partial charge in [-0.2, -0.15) is 4.99 Å². The van der Waals surface area contributed by atoms with Crippen molar-refractivity contribution in [3.63, 3.8) is 0 Å². The summed E-state index contributed by atoms with van der Waals surface area (Å²) in [7, 11) is 0. The van der Waals surface area contributed by atoms with Crippen molar-refractivity contribution < 1.29 is 0 Å². The predicted molar refractivity (Wildman–Crippen MR) is 81.2 cm³/mol. The molecule has 0 saturated heterocycles. The maximum Gasteiger partial charge on any atom is 0.0986 e. The Kier molecular flexibility index (Phi) is 3.23. The molecule has 3 rings (SSSR count). The number of aromatic nitrogens is 2. The summed E-state index contributed by atoms with van der Waals surface area (Å²) in [5.41, 5.74) is 1.86. The summed E-state index contributed by atoms with van der Waals surface area (Å²) in [5.74, 6) is 0. The Labute approximate surface area is 116 Å². The summed E-state index contributed by atoms with van der Waals surface area (Å²) in [4.78, 5) is 7.83. The SMILES string of the molecule is N=C=Nc1ccc2cc(/C=C/n3ccnc3)ccc2c1. The van der Waals surface area contributed by atoms with E-state index in [9.17, 15) is 0 Å². The van der Waals surface area contributed by atoms with Crippen LogP contribution in [0.25, 0.3) is 23.0 Å². The van der Waals surface area contributed by atoms with E-state index in [1.807, 2.05) is 53.4 Å². The lowest BCUT2D eigenvalue weighted by Gasteiger charge is -2.01. The maximum atomic E-state index is 6.87. The van der Waals surface area contributed by atoms with E-state index in [1.54, 1.807) is 12.5 Å². The van der Waals surface area contributed by atoms with Gasteiger partial charge in [-0.15, -0.1) is 0 Å². The summed E-state index contributed by atoms with van der Waals surface area (Å²) < 4.78 is 1.89. The topological polar surface area (TPSA) is 54.0 Å². The van der Waals surface area contributed by atoms with Gasteiger partial charge in [-0.1, -0.05) is 18.2 Å². The van der Waals surface area contributed by atoms with Gasteiger partial charge >= 0.3 is 0 Å². The fraction of sp³-hybridized carbons (Fsp3) is 0. The highest BCUT2D eigenvalue weighted by atomic mass is 15.0. The molecule has 0 atom stereocenters. The third kappa shape index (κ3) is 2.55. The molecule has 1 N–H and O–H groups in total. The lowest BCUT2D eigenvalue weighted by atomic mass is 10.1. The molecule has 0 unspecified atom stereocenters. The van der Waals surface area contributed by atoms with Gasteiger partial charge < -0.3 is 4.57 Å². The van der Waals surface area contributed by atoms with Crippen molar-refractivity contribution in [2.24, 2.45) is 4.99 Å². The maximum absolute atomic E-state index is 6.87. The lowest BCUT2D eigenvalue weighted by molar-refractivity contribution is 1.14. The van der Waals surface area contributed by atoms with Gasteiger partial charge in [-0.25, -0.2) is 10.4 Å². The van der Waals surface area contributed by atoms with Crippen molar-refractivity contribution in [2.45, 2.75) is 0 Å². The van der Waals surface area contributed by atoms with Crippen LogP contribution in [0.15, 0.2) is 60.1 Å². The largest absolute Gasteiger partial charge is 0.313 e. The van der Waals surface area contributed by atoms with Crippen LogP contribution < -0.4 is 0 Å². The van der Waals surface area contributed by atoms with Crippen LogP contribution in [0.1, 0.15) is 5.56 Å². The number of hydrogen-bond donors (Lipinski definition) is 1. The number of aliphatic imine (C=N–C) groups is 1. The molecule has 0 bridgehead atoms. The first-order valence-electron chi connectivity index (χ1n) is 6.17. The first kappa shape index (κ1) is 12.1. The van der Waals surface area contributed by atoms with Crippen molar-refractivity contribution in [3.05, 3.63) is 60.7 Å². The van der Waals surface area contributed by atoms with Gasteiger partial charge in [0.1, 0.15) is 0 Å². The molecule has 1 heterocycles. The van der Waals surface area contributed by atoms with E-state index in [4.69, 9.17) is 5.41 Å². The molecule has 0 radical (unpaired) electrons. The predicted octanol–water partition coefficient (Wildman–Crippen LogP) is 4.05. The Morgan fingerprint density at radius 1 is 1.15 bits per heavy atom. The van der Waals surface area contributed by atoms with Crippen molar-refractivity contribution in [2.75, 3.05) is 0 Å². The van der Waals surface area contributed by atoms with Gasteiger partial charge in [0.05, 0.1) is 18.0 Å². The molecule has 4 heteroatoms. The molecule has 0 saturated carbocycles. The normalized spacial score (nSPS) is 10.8. The number of rotatable bonds is 3. The zero-order valence-electron chi connectivity index (χ0n) is 10.7. The molecule has 0 fully saturated rings. The van der Waals surface area contributed by atoms with Gasteiger partial charge in [0.2, 0.25) is 0 Å². The second kappa shape index (κ2) is 5.34. The molecular formula is C16H12N4. The van der Waals surface area contributed by atoms with E-state index in [2.05, 4.69) is 22.1 Å². The Hall–Kier alpha value is -2.97. The summed E-state index contributed by atoms with van der Waals surface area (Å²) in [6.07, 6.45) is 9.38. The summed E-state index contributed by atoms with van der Waals surface area (Å²) in [5, 5.41) is 9.11. The first-order valence-corrected chi connectivity index (χ1v) is 6.17. The molecule has 0 aliphatic carbocycles. The highest BCUT2D eigenvalue weighted by Crippen LogP contribution is 2.22. The molecule has 4 nitrogen and oxygen atoms in total. The third-order valence-electron chi connectivity index (χ3n) is 3.00. The van der Waals surface area contributed by atoms with Crippen LogP contribution in [0.4, 0.5) is 5.69 Å². The van der Waals surface area contributed by atoms with Crippen LogP contribution in [-0.2, 0) is 0 Å². The lowest BCUT2D eigenvalue weighted by Crippen LogP contribution is -1.80. The number of nitrogens with zero attached hydrogens (tertiary/aromatic N) is 3. The van der Waals surface area contributed by atoms with Crippen LogP contribution in [0.3, 0.4) is 0 Å². The standard InChI is InChI=1S/C16H12N4/c17-11-19-16-4-3-14-9-13(1-2-15(14)10-16)5-7-20-8-6-18-12-20/h1-10,12,17H/b7-5+. The number of fused-ring (bicyclic) bond motifs is 1. The Morgan fingerprint density at radius 2 is 2.00 bits per heavy atom. The van der Waals surface area contributed by atoms with Crippen molar-refractivity contribution in [3.8, 4) is 0 Å². The number of nitrogens with one attached hydrogen (secondary N) is 1. The van der Waals surface area contributed by atoms with Crippen molar-refractivity contribution in [1.82, 2.24) is 9.55 Å². The van der Waals surface area contributed by atoms with Crippen molar-refractivity contribution in [1.29, 1.82) is 5.41 Å². The molecule has 20 heavy (non-hydrogen) atoms. The fourth-order valence-electron chi connectivity index (χ4n) is 2.02. The number of imidazole rings is 1. The first-order chi connectivity index (χ1) is 9.85. The average molecular weight is 260 g/mol. The molecule has 0 aliphatic rings. The minimum absolute atomic E-state index is 0.745. The zero-order valence-corrected chi connectivity index (χ0v) is 10.7. The second-order valence-corrected chi connectivity index (χ2v) is 4.34. The Bertz CT molecular complexity index is 810. The van der Waals surface area contributed by atoms with E-state index >= 15 is 0 Å². The highest BCUT2D eigenvalue weighted by Gasteiger charge is 1.96. The minimum Gasteiger partial charge on any atom is -0.313 e.